The zero-order valence-corrected chi connectivity index (χ0v) is 13.3. The van der Waals surface area contributed by atoms with Crippen LogP contribution in [0.25, 0.3) is 0 Å². The van der Waals surface area contributed by atoms with Crippen LogP contribution in [0.2, 0.25) is 5.02 Å². The number of hydrogen-bond donors (Lipinski definition) is 1. The van der Waals surface area contributed by atoms with Crippen molar-refractivity contribution in [2.45, 2.75) is 25.0 Å². The van der Waals surface area contributed by atoms with Crippen LogP contribution >= 0.6 is 11.6 Å². The van der Waals surface area contributed by atoms with E-state index in [0.717, 1.165) is 6.07 Å². The Hall–Kier alpha value is -1.86. The molecule has 1 heterocycles. The summed E-state index contributed by atoms with van der Waals surface area (Å²) in [6.45, 7) is 0.00565. The Labute approximate surface area is 137 Å². The predicted molar refractivity (Wildman–Crippen MR) is 80.1 cm³/mol. The Balaban J connectivity index is 1.99. The summed E-state index contributed by atoms with van der Waals surface area (Å²) < 4.78 is 23.5. The molecule has 0 aromatic heterocycles. The van der Waals surface area contributed by atoms with E-state index in [1.807, 2.05) is 0 Å². The van der Waals surface area contributed by atoms with Gasteiger partial charge in [0, 0.05) is 19.7 Å². The van der Waals surface area contributed by atoms with Crippen molar-refractivity contribution >= 4 is 23.5 Å². The maximum atomic E-state index is 13.0. The van der Waals surface area contributed by atoms with Crippen molar-refractivity contribution in [2.24, 2.45) is 0 Å². The summed E-state index contributed by atoms with van der Waals surface area (Å²) in [4.78, 5) is 24.6. The SMILES string of the molecule is COC1CC(CC(=O)O)N(C(=O)COc2ccc(F)cc2Cl)C1. The topological polar surface area (TPSA) is 76.1 Å². The number of carboxylic acid groups (broad SMARTS) is 1. The monoisotopic (exact) mass is 345 g/mol. The van der Waals surface area contributed by atoms with Gasteiger partial charge in [0.15, 0.2) is 6.61 Å². The van der Waals surface area contributed by atoms with Crippen molar-refractivity contribution in [2.75, 3.05) is 20.3 Å². The summed E-state index contributed by atoms with van der Waals surface area (Å²) >= 11 is 5.83. The lowest BCUT2D eigenvalue weighted by Gasteiger charge is -2.23. The number of halogens is 2. The minimum Gasteiger partial charge on any atom is -0.482 e. The maximum absolute atomic E-state index is 13.0. The smallest absolute Gasteiger partial charge is 0.305 e. The normalized spacial score (nSPS) is 20.6. The van der Waals surface area contributed by atoms with E-state index in [-0.39, 0.29) is 35.8 Å². The van der Waals surface area contributed by atoms with Crippen LogP contribution in [0.1, 0.15) is 12.8 Å². The van der Waals surface area contributed by atoms with Gasteiger partial charge in [-0.25, -0.2) is 4.39 Å². The summed E-state index contributed by atoms with van der Waals surface area (Å²) in [6, 6.07) is 3.17. The van der Waals surface area contributed by atoms with Gasteiger partial charge in [-0.3, -0.25) is 9.59 Å². The van der Waals surface area contributed by atoms with Crippen LogP contribution in [-0.4, -0.2) is 54.3 Å². The molecule has 1 aliphatic heterocycles. The molecule has 0 spiro atoms. The molecule has 1 amide bonds. The van der Waals surface area contributed by atoms with E-state index in [1.165, 1.54) is 24.1 Å². The number of carboxylic acids is 1. The number of methoxy groups -OCH3 is 1. The molecule has 2 unspecified atom stereocenters. The number of carbonyl (C=O) groups excluding carboxylic acids is 1. The Kier molecular flexibility index (Phi) is 5.79. The zero-order valence-electron chi connectivity index (χ0n) is 12.5. The van der Waals surface area contributed by atoms with E-state index in [4.69, 9.17) is 26.2 Å². The number of benzene rings is 1. The highest BCUT2D eigenvalue weighted by Crippen LogP contribution is 2.26. The molecule has 126 valence electrons. The lowest BCUT2D eigenvalue weighted by atomic mass is 10.1. The van der Waals surface area contributed by atoms with Gasteiger partial charge in [0.2, 0.25) is 0 Å². The van der Waals surface area contributed by atoms with Crippen LogP contribution < -0.4 is 4.74 Å². The van der Waals surface area contributed by atoms with E-state index >= 15 is 0 Å². The molecule has 6 nitrogen and oxygen atoms in total. The molecule has 2 rings (SSSR count). The number of hydrogen-bond acceptors (Lipinski definition) is 4. The summed E-state index contributed by atoms with van der Waals surface area (Å²) in [6.07, 6.45) is 0.118. The van der Waals surface area contributed by atoms with E-state index in [0.29, 0.717) is 13.0 Å². The highest BCUT2D eigenvalue weighted by molar-refractivity contribution is 6.32. The van der Waals surface area contributed by atoms with Gasteiger partial charge >= 0.3 is 5.97 Å². The number of likely N-dealkylation sites (tertiary alicyclic amines) is 1. The molecule has 1 saturated heterocycles. The molecular weight excluding hydrogens is 329 g/mol. The van der Waals surface area contributed by atoms with Crippen LogP contribution in [0.3, 0.4) is 0 Å². The lowest BCUT2D eigenvalue weighted by Crippen LogP contribution is -2.40. The molecule has 1 aromatic carbocycles. The second-order valence-electron chi connectivity index (χ2n) is 5.25. The predicted octanol–water partition coefficient (Wildman–Crippen LogP) is 1.95. The van der Waals surface area contributed by atoms with Crippen LogP contribution in [0.15, 0.2) is 18.2 Å². The first-order valence-corrected chi connectivity index (χ1v) is 7.40. The molecule has 1 aliphatic rings. The molecule has 23 heavy (non-hydrogen) atoms. The molecule has 0 radical (unpaired) electrons. The van der Waals surface area contributed by atoms with Crippen LogP contribution in [-0.2, 0) is 14.3 Å². The van der Waals surface area contributed by atoms with Crippen molar-refractivity contribution in [1.29, 1.82) is 0 Å². The van der Waals surface area contributed by atoms with Gasteiger partial charge in [-0.05, 0) is 24.6 Å². The number of rotatable bonds is 6. The van der Waals surface area contributed by atoms with Gasteiger partial charge in [-0.1, -0.05) is 11.6 Å². The lowest BCUT2D eigenvalue weighted by molar-refractivity contribution is -0.140. The van der Waals surface area contributed by atoms with Crippen molar-refractivity contribution in [3.63, 3.8) is 0 Å². The Morgan fingerprint density at radius 3 is 2.83 bits per heavy atom. The van der Waals surface area contributed by atoms with Crippen LogP contribution in [0.4, 0.5) is 4.39 Å². The molecule has 0 saturated carbocycles. The Morgan fingerprint density at radius 2 is 2.22 bits per heavy atom. The Morgan fingerprint density at radius 1 is 1.48 bits per heavy atom. The minimum atomic E-state index is -0.980. The van der Waals surface area contributed by atoms with Gasteiger partial charge < -0.3 is 19.5 Å². The summed E-state index contributed by atoms with van der Waals surface area (Å²) in [7, 11) is 1.52. The van der Waals surface area contributed by atoms with Gasteiger partial charge in [0.05, 0.1) is 17.5 Å². The van der Waals surface area contributed by atoms with Gasteiger partial charge in [0.1, 0.15) is 11.6 Å². The fourth-order valence-corrected chi connectivity index (χ4v) is 2.78. The Bertz CT molecular complexity index is 597. The van der Waals surface area contributed by atoms with Crippen molar-refractivity contribution in [1.82, 2.24) is 4.90 Å². The number of ether oxygens (including phenoxy) is 2. The van der Waals surface area contributed by atoms with Crippen molar-refractivity contribution < 1.29 is 28.6 Å². The van der Waals surface area contributed by atoms with E-state index < -0.39 is 17.8 Å². The van der Waals surface area contributed by atoms with Crippen molar-refractivity contribution in [3.8, 4) is 5.75 Å². The fraction of sp³-hybridized carbons (Fsp3) is 0.467. The zero-order chi connectivity index (χ0) is 17.0. The van der Waals surface area contributed by atoms with Gasteiger partial charge in [-0.15, -0.1) is 0 Å². The second-order valence-corrected chi connectivity index (χ2v) is 5.66. The number of nitrogens with zero attached hydrogens (tertiary/aromatic N) is 1. The third-order valence-electron chi connectivity index (χ3n) is 3.69. The maximum Gasteiger partial charge on any atom is 0.305 e. The molecule has 0 aliphatic carbocycles. The largest absolute Gasteiger partial charge is 0.482 e. The van der Waals surface area contributed by atoms with E-state index in [2.05, 4.69) is 0 Å². The van der Waals surface area contributed by atoms with Gasteiger partial charge in [0.25, 0.3) is 5.91 Å². The molecular formula is C15H17ClFNO5. The average molecular weight is 346 g/mol. The van der Waals surface area contributed by atoms with E-state index in [1.54, 1.807) is 0 Å². The number of amides is 1. The van der Waals surface area contributed by atoms with Gasteiger partial charge in [-0.2, -0.15) is 0 Å². The average Bonchev–Trinajstić information content (AvgIpc) is 2.88. The van der Waals surface area contributed by atoms with Crippen LogP contribution in [0.5, 0.6) is 5.75 Å². The first kappa shape index (κ1) is 17.5. The second kappa shape index (κ2) is 7.61. The summed E-state index contributed by atoms with van der Waals surface area (Å²) in [5, 5.41) is 9.01. The molecule has 2 atom stereocenters. The van der Waals surface area contributed by atoms with Crippen molar-refractivity contribution in [3.05, 3.63) is 29.0 Å². The third kappa shape index (κ3) is 4.56. The number of aliphatic carboxylic acids is 1. The minimum absolute atomic E-state index is 0.0658. The quantitative estimate of drug-likeness (QED) is 0.852. The molecule has 0 bridgehead atoms. The fourth-order valence-electron chi connectivity index (χ4n) is 2.56. The molecule has 1 aromatic rings. The number of carbonyl (C=O) groups is 2. The van der Waals surface area contributed by atoms with Crippen LogP contribution in [0, 0.1) is 5.82 Å². The molecule has 1 N–H and O–H groups in total. The molecule has 8 heteroatoms. The first-order chi connectivity index (χ1) is 10.9. The third-order valence-corrected chi connectivity index (χ3v) is 3.98. The highest BCUT2D eigenvalue weighted by atomic mass is 35.5. The molecule has 1 fully saturated rings. The summed E-state index contributed by atoms with van der Waals surface area (Å²) in [5.41, 5.74) is 0. The first-order valence-electron chi connectivity index (χ1n) is 7.02. The highest BCUT2D eigenvalue weighted by Gasteiger charge is 2.36. The van der Waals surface area contributed by atoms with E-state index in [9.17, 15) is 14.0 Å². The summed E-state index contributed by atoms with van der Waals surface area (Å²) in [5.74, 6) is -1.65. The standard InChI is InChI=1S/C15H17ClFNO5/c1-22-11-5-10(6-15(20)21)18(7-11)14(19)8-23-13-3-2-9(17)4-12(13)16/h2-4,10-11H,5-8H2,1H3,(H,20,21).